The minimum Gasteiger partial charge on any atom is -0.442 e. The van der Waals surface area contributed by atoms with E-state index in [0.29, 0.717) is 52.4 Å². The Bertz CT molecular complexity index is 2320. The van der Waals surface area contributed by atoms with E-state index in [-0.39, 0.29) is 31.0 Å². The lowest BCUT2D eigenvalue weighted by Crippen LogP contribution is -2.42. The van der Waals surface area contributed by atoms with Gasteiger partial charge in [-0.25, -0.2) is 14.6 Å². The highest BCUT2D eigenvalue weighted by molar-refractivity contribution is 7.18. The van der Waals surface area contributed by atoms with Crippen LogP contribution in [0.3, 0.4) is 0 Å². The van der Waals surface area contributed by atoms with Crippen molar-refractivity contribution in [3.63, 3.8) is 0 Å². The number of nitrogens with zero attached hydrogens (tertiary/aromatic N) is 8. The number of amidine groups is 2. The van der Waals surface area contributed by atoms with Crippen molar-refractivity contribution in [1.29, 1.82) is 0 Å². The summed E-state index contributed by atoms with van der Waals surface area (Å²) in [5.41, 5.74) is 3.43. The summed E-state index contributed by atoms with van der Waals surface area (Å²) in [6, 6.07) is 22.3. The predicted octanol–water partition coefficient (Wildman–Crippen LogP) is 5.67. The molecular formula is C41H45ClN10O7S2. The lowest BCUT2D eigenvalue weighted by Gasteiger charge is -2.32. The fourth-order valence-electron chi connectivity index (χ4n) is 7.00. The molecule has 2 fully saturated rings. The topological polar surface area (TPSA) is 172 Å². The van der Waals surface area contributed by atoms with Crippen LogP contribution in [-0.4, -0.2) is 124 Å². The average Bonchev–Trinajstić information content (AvgIpc) is 4.07. The van der Waals surface area contributed by atoms with Crippen molar-refractivity contribution < 1.29 is 33.4 Å². The molecule has 61 heavy (non-hydrogen) atoms. The van der Waals surface area contributed by atoms with Crippen LogP contribution < -0.4 is 30.2 Å². The second-order valence-electron chi connectivity index (χ2n) is 14.4. The van der Waals surface area contributed by atoms with Gasteiger partial charge in [0.1, 0.15) is 23.9 Å². The van der Waals surface area contributed by atoms with E-state index in [4.69, 9.17) is 21.1 Å². The van der Waals surface area contributed by atoms with Gasteiger partial charge in [-0.3, -0.25) is 29.2 Å². The largest absolute Gasteiger partial charge is 0.442 e. The van der Waals surface area contributed by atoms with Crippen LogP contribution in [0.15, 0.2) is 83.0 Å². The zero-order valence-corrected chi connectivity index (χ0v) is 36.3. The van der Waals surface area contributed by atoms with E-state index in [0.717, 1.165) is 46.7 Å². The zero-order chi connectivity index (χ0) is 43.2. The van der Waals surface area contributed by atoms with Crippen LogP contribution in [0.25, 0.3) is 0 Å². The number of carbonyl (C=O) groups is 5. The summed E-state index contributed by atoms with van der Waals surface area (Å²) < 4.78 is 11.4. The van der Waals surface area contributed by atoms with Gasteiger partial charge in [0.25, 0.3) is 11.8 Å². The minimum atomic E-state index is -0.455. The number of likely N-dealkylation sites (N-methyl/N-ethyl adjacent to an activating group) is 1. The molecule has 8 rings (SSSR count). The molecule has 0 radical (unpaired) electrons. The summed E-state index contributed by atoms with van der Waals surface area (Å²) >= 11 is 8.49. The molecule has 4 aliphatic rings. The summed E-state index contributed by atoms with van der Waals surface area (Å²) in [4.78, 5) is 69.4. The molecule has 0 saturated carbocycles. The van der Waals surface area contributed by atoms with Crippen LogP contribution in [0.1, 0.15) is 38.1 Å². The number of aryl methyl sites for hydroxylation is 1. The Morgan fingerprint density at radius 1 is 0.672 bits per heavy atom. The van der Waals surface area contributed by atoms with Gasteiger partial charge in [0.15, 0.2) is 0 Å². The first-order chi connectivity index (χ1) is 29.3. The van der Waals surface area contributed by atoms with Crippen molar-refractivity contribution in [2.45, 2.75) is 33.0 Å². The summed E-state index contributed by atoms with van der Waals surface area (Å²) in [7, 11) is 1.96. The third-order valence-corrected chi connectivity index (χ3v) is 12.4. The van der Waals surface area contributed by atoms with Crippen molar-refractivity contribution >= 4 is 99.1 Å². The monoisotopic (exact) mass is 888 g/mol. The Morgan fingerprint density at radius 3 is 1.56 bits per heavy atom. The molecule has 320 valence electrons. The van der Waals surface area contributed by atoms with Crippen molar-refractivity contribution in [3.05, 3.63) is 91.8 Å². The third kappa shape index (κ3) is 10.4. The van der Waals surface area contributed by atoms with E-state index in [1.165, 1.54) is 32.6 Å². The molecule has 0 aliphatic carbocycles. The molecule has 2 atom stereocenters. The molecular weight excluding hydrogens is 844 g/mol. The second kappa shape index (κ2) is 19.0. The quantitative estimate of drug-likeness (QED) is 0.179. The molecule has 2 N–H and O–H groups in total. The molecule has 20 heteroatoms. The van der Waals surface area contributed by atoms with Crippen LogP contribution >= 0.6 is 34.3 Å². The maximum Gasteiger partial charge on any atom is 0.414 e. The number of nitrogens with one attached hydrogen (secondary N) is 2. The molecule has 6 heterocycles. The number of carbonyl (C=O) groups excluding carboxylic acids is 5. The Kier molecular flexibility index (Phi) is 13.4. The van der Waals surface area contributed by atoms with Gasteiger partial charge in [0.05, 0.1) is 53.4 Å². The summed E-state index contributed by atoms with van der Waals surface area (Å²) in [5.74, 6) is 1.27. The van der Waals surface area contributed by atoms with E-state index >= 15 is 0 Å². The SMILES string of the molecule is CC1=NN(C)CCN1c1ccc(N2C[C@H](CNC(=O)c3ccc(C)s3)OC2=O)cc1.CC1=NN(C=O)CCN1c1ccc(N2C[C@H](CNC(=O)c3ccc(Cl)s3)OC2=O)cc1. The van der Waals surface area contributed by atoms with Crippen LogP contribution in [0.2, 0.25) is 4.34 Å². The van der Waals surface area contributed by atoms with Crippen LogP contribution in [0, 0.1) is 6.92 Å². The van der Waals surface area contributed by atoms with Gasteiger partial charge in [-0.2, -0.15) is 10.2 Å². The van der Waals surface area contributed by atoms with Crippen molar-refractivity contribution in [1.82, 2.24) is 20.7 Å². The first kappa shape index (κ1) is 42.9. The van der Waals surface area contributed by atoms with E-state index in [9.17, 15) is 24.0 Å². The highest BCUT2D eigenvalue weighted by Crippen LogP contribution is 2.28. The molecule has 2 saturated heterocycles. The third-order valence-electron chi connectivity index (χ3n) is 10.1. The average molecular weight is 889 g/mol. The molecule has 5 amide bonds. The molecule has 17 nitrogen and oxygen atoms in total. The summed E-state index contributed by atoms with van der Waals surface area (Å²) in [6.45, 7) is 9.88. The van der Waals surface area contributed by atoms with E-state index in [2.05, 4.69) is 25.7 Å². The summed E-state index contributed by atoms with van der Waals surface area (Å²) in [5, 5.41) is 17.6. The van der Waals surface area contributed by atoms with Gasteiger partial charge in [-0.05, 0) is 93.6 Å². The van der Waals surface area contributed by atoms with Gasteiger partial charge < -0.3 is 29.9 Å². The number of cyclic esters (lactones) is 2. The van der Waals surface area contributed by atoms with Gasteiger partial charge in [0, 0.05) is 47.8 Å². The van der Waals surface area contributed by atoms with E-state index < -0.39 is 18.3 Å². The molecule has 0 unspecified atom stereocenters. The first-order valence-corrected chi connectivity index (χ1v) is 21.5. The number of amides is 5. The van der Waals surface area contributed by atoms with Gasteiger partial charge in [-0.1, -0.05) is 11.6 Å². The number of thiophene rings is 2. The predicted molar refractivity (Wildman–Crippen MR) is 237 cm³/mol. The van der Waals surface area contributed by atoms with Gasteiger partial charge in [0.2, 0.25) is 6.41 Å². The van der Waals surface area contributed by atoms with Crippen molar-refractivity contribution in [2.75, 3.05) is 79.0 Å². The maximum absolute atomic E-state index is 12.3. The van der Waals surface area contributed by atoms with Crippen molar-refractivity contribution in [3.8, 4) is 0 Å². The van der Waals surface area contributed by atoms with Crippen LogP contribution in [-0.2, 0) is 14.3 Å². The Balaban J connectivity index is 0.000000184. The highest BCUT2D eigenvalue weighted by Gasteiger charge is 2.34. The number of anilines is 4. The molecule has 2 aromatic heterocycles. The van der Waals surface area contributed by atoms with E-state index in [1.807, 2.05) is 92.3 Å². The standard InChI is InChI=1S/C21H25N5O3S.C20H20ClN5O4S/c1-14-4-9-19(30-14)20(27)22-12-18-13-26(21(28)29-18)17-7-5-16(6-8-17)25-11-10-24(3)23-15(25)2;1-13-23-24(12-27)8-9-25(13)14-2-4-15(5-3-14)26-11-16(30-20(26)29)10-22-19(28)17-6-7-18(21)31-17/h4-9,18H,10-13H2,1-3H3,(H,22,27);2-7,12,16H,8-11H2,1H3,(H,22,28)/t18-;16-/m00/s1. The summed E-state index contributed by atoms with van der Waals surface area (Å²) in [6.07, 6.45) is -0.974. The lowest BCUT2D eigenvalue weighted by atomic mass is 10.2. The molecule has 0 spiro atoms. The Morgan fingerprint density at radius 2 is 1.13 bits per heavy atom. The Labute approximate surface area is 365 Å². The minimum absolute atomic E-state index is 0.142. The maximum atomic E-state index is 12.3. The second-order valence-corrected chi connectivity index (χ2v) is 17.5. The van der Waals surface area contributed by atoms with Crippen molar-refractivity contribution in [2.24, 2.45) is 10.2 Å². The Hall–Kier alpha value is -6.18. The lowest BCUT2D eigenvalue weighted by molar-refractivity contribution is -0.118. The first-order valence-electron chi connectivity index (χ1n) is 19.5. The number of benzene rings is 2. The van der Waals surface area contributed by atoms with E-state index in [1.54, 1.807) is 23.1 Å². The van der Waals surface area contributed by atoms with Crippen LogP contribution in [0.4, 0.5) is 32.3 Å². The van der Waals surface area contributed by atoms with Crippen LogP contribution in [0.5, 0.6) is 0 Å². The number of hydrogen-bond acceptors (Lipinski definition) is 14. The zero-order valence-electron chi connectivity index (χ0n) is 33.9. The number of hydrazone groups is 2. The number of halogens is 1. The molecule has 4 aliphatic heterocycles. The molecule has 4 aromatic rings. The normalized spacial score (nSPS) is 18.8. The molecule has 0 bridgehead atoms. The molecule has 2 aromatic carbocycles. The smallest absolute Gasteiger partial charge is 0.414 e. The van der Waals surface area contributed by atoms with Gasteiger partial charge in [-0.15, -0.1) is 22.7 Å². The number of rotatable bonds is 11. The van der Waals surface area contributed by atoms with Gasteiger partial charge >= 0.3 is 12.2 Å². The highest BCUT2D eigenvalue weighted by atomic mass is 35.5. The number of hydrogen-bond donors (Lipinski definition) is 2. The fraction of sp³-hybridized carbons (Fsp3) is 0.341. The number of ether oxygens (including phenoxy) is 2. The fourth-order valence-corrected chi connectivity index (χ4v) is 8.75.